The molecule has 0 radical (unpaired) electrons. The topological polar surface area (TPSA) is 81.0 Å². The largest absolute Gasteiger partial charge is 0.338 e. The second kappa shape index (κ2) is 9.43. The molecule has 0 spiro atoms. The third kappa shape index (κ3) is 5.17. The van der Waals surface area contributed by atoms with Crippen LogP contribution in [0, 0.1) is 0 Å². The highest BCUT2D eigenvalue weighted by Crippen LogP contribution is 2.14. The smallest absolute Gasteiger partial charge is 0.315 e. The number of hydrogen-bond acceptors (Lipinski definition) is 3. The van der Waals surface area contributed by atoms with E-state index in [0.717, 1.165) is 36.2 Å². The summed E-state index contributed by atoms with van der Waals surface area (Å²) in [5.41, 5.74) is 3.08. The van der Waals surface area contributed by atoms with Crippen LogP contribution in [0.25, 0.3) is 0 Å². The Morgan fingerprint density at radius 1 is 1.03 bits per heavy atom. The first kappa shape index (κ1) is 19.9. The number of carbonyl (C=O) groups excluding carboxylic acids is 1. The number of pyridine rings is 1. The van der Waals surface area contributed by atoms with Gasteiger partial charge in [0.25, 0.3) is 5.56 Å². The van der Waals surface area contributed by atoms with Crippen molar-refractivity contribution >= 4 is 6.03 Å². The van der Waals surface area contributed by atoms with Crippen LogP contribution in [-0.2, 0) is 32.5 Å². The minimum atomic E-state index is -0.182. The van der Waals surface area contributed by atoms with Crippen molar-refractivity contribution in [2.24, 2.45) is 0 Å². The number of aromatic nitrogens is 3. The fraction of sp³-hybridized carbons (Fsp3) is 0.348. The standard InChI is InChI=1S/C23H27N5O2/c29-22-6-2-4-14-28(22)16-19-9-7-18(8-10-19)15-25-23(30)24-12-11-20-17-27-13-3-1-5-21(27)26-20/h2,4,6-10,14,17H,1,3,5,11-13,15-16H2,(H2,24,25,30). The molecule has 0 unspecified atom stereocenters. The van der Waals surface area contributed by atoms with Gasteiger partial charge in [0.1, 0.15) is 5.82 Å². The van der Waals surface area contributed by atoms with E-state index in [4.69, 9.17) is 0 Å². The fourth-order valence-electron chi connectivity index (χ4n) is 3.69. The molecule has 3 aromatic rings. The SMILES string of the molecule is O=C(NCCc1cn2c(n1)CCCC2)NCc1ccc(Cn2ccccc2=O)cc1. The lowest BCUT2D eigenvalue weighted by Crippen LogP contribution is -2.36. The van der Waals surface area contributed by atoms with Crippen LogP contribution in [0.2, 0.25) is 0 Å². The van der Waals surface area contributed by atoms with Crippen molar-refractivity contribution in [3.05, 3.63) is 87.9 Å². The summed E-state index contributed by atoms with van der Waals surface area (Å²) in [6.07, 6.45) is 8.11. The minimum absolute atomic E-state index is 0.0179. The molecule has 2 N–H and O–H groups in total. The number of rotatable bonds is 7. The van der Waals surface area contributed by atoms with Gasteiger partial charge in [-0.1, -0.05) is 30.3 Å². The Morgan fingerprint density at radius 2 is 1.87 bits per heavy atom. The zero-order valence-electron chi connectivity index (χ0n) is 17.0. The zero-order valence-corrected chi connectivity index (χ0v) is 17.0. The van der Waals surface area contributed by atoms with Crippen LogP contribution in [0.1, 0.15) is 35.5 Å². The second-order valence-electron chi connectivity index (χ2n) is 7.64. The fourth-order valence-corrected chi connectivity index (χ4v) is 3.69. The summed E-state index contributed by atoms with van der Waals surface area (Å²) in [7, 11) is 0. The maximum atomic E-state index is 12.1. The van der Waals surface area contributed by atoms with E-state index in [-0.39, 0.29) is 11.6 Å². The number of aryl methyl sites for hydroxylation is 2. The van der Waals surface area contributed by atoms with Gasteiger partial charge in [-0.15, -0.1) is 0 Å². The number of amides is 2. The normalized spacial score (nSPS) is 12.9. The summed E-state index contributed by atoms with van der Waals surface area (Å²) in [5.74, 6) is 1.17. The maximum absolute atomic E-state index is 12.1. The van der Waals surface area contributed by atoms with Gasteiger partial charge >= 0.3 is 6.03 Å². The predicted molar refractivity (Wildman–Crippen MR) is 115 cm³/mol. The first-order valence-electron chi connectivity index (χ1n) is 10.5. The Labute approximate surface area is 175 Å². The average Bonchev–Trinajstić information content (AvgIpc) is 3.18. The highest BCUT2D eigenvalue weighted by Gasteiger charge is 2.12. The summed E-state index contributed by atoms with van der Waals surface area (Å²) in [4.78, 5) is 28.5. The van der Waals surface area contributed by atoms with Crippen molar-refractivity contribution in [2.45, 2.75) is 45.3 Å². The molecule has 3 heterocycles. The van der Waals surface area contributed by atoms with Gasteiger partial charge in [-0.25, -0.2) is 9.78 Å². The number of urea groups is 1. The molecule has 1 aromatic carbocycles. The number of fused-ring (bicyclic) bond motifs is 1. The number of benzene rings is 1. The van der Waals surface area contributed by atoms with Gasteiger partial charge in [-0.3, -0.25) is 4.79 Å². The van der Waals surface area contributed by atoms with Gasteiger partial charge < -0.3 is 19.8 Å². The number of hydrogen-bond donors (Lipinski definition) is 2. The van der Waals surface area contributed by atoms with Crippen molar-refractivity contribution < 1.29 is 4.79 Å². The van der Waals surface area contributed by atoms with E-state index >= 15 is 0 Å². The van der Waals surface area contributed by atoms with E-state index in [9.17, 15) is 9.59 Å². The van der Waals surface area contributed by atoms with E-state index in [0.29, 0.717) is 19.6 Å². The monoisotopic (exact) mass is 405 g/mol. The lowest BCUT2D eigenvalue weighted by molar-refractivity contribution is 0.240. The molecule has 7 heteroatoms. The maximum Gasteiger partial charge on any atom is 0.315 e. The Kier molecular flexibility index (Phi) is 6.27. The molecule has 0 fully saturated rings. The second-order valence-corrected chi connectivity index (χ2v) is 7.64. The lowest BCUT2D eigenvalue weighted by atomic mass is 10.1. The highest BCUT2D eigenvalue weighted by atomic mass is 16.2. The van der Waals surface area contributed by atoms with Crippen LogP contribution in [0.4, 0.5) is 4.79 Å². The lowest BCUT2D eigenvalue weighted by Gasteiger charge is -2.11. The highest BCUT2D eigenvalue weighted by molar-refractivity contribution is 5.73. The van der Waals surface area contributed by atoms with Crippen LogP contribution in [0.15, 0.2) is 59.7 Å². The van der Waals surface area contributed by atoms with E-state index in [1.807, 2.05) is 30.3 Å². The van der Waals surface area contributed by atoms with Crippen molar-refractivity contribution in [3.8, 4) is 0 Å². The molecule has 2 amide bonds. The number of imidazole rings is 1. The number of nitrogens with zero attached hydrogens (tertiary/aromatic N) is 3. The Balaban J connectivity index is 1.19. The quantitative estimate of drug-likeness (QED) is 0.634. The third-order valence-electron chi connectivity index (χ3n) is 5.35. The van der Waals surface area contributed by atoms with Crippen LogP contribution in [-0.4, -0.2) is 26.7 Å². The molecule has 7 nitrogen and oxygen atoms in total. The molecule has 0 bridgehead atoms. The first-order valence-corrected chi connectivity index (χ1v) is 10.5. The summed E-state index contributed by atoms with van der Waals surface area (Å²) < 4.78 is 3.90. The number of nitrogens with one attached hydrogen (secondary N) is 2. The Bertz CT molecular complexity index is 1030. The number of carbonyl (C=O) groups is 1. The van der Waals surface area contributed by atoms with Crippen molar-refractivity contribution in [1.29, 1.82) is 0 Å². The molecule has 0 aliphatic carbocycles. The van der Waals surface area contributed by atoms with E-state index in [2.05, 4.69) is 26.4 Å². The zero-order chi connectivity index (χ0) is 20.8. The molecule has 0 atom stereocenters. The Hall–Kier alpha value is -3.35. The molecule has 4 rings (SSSR count). The summed E-state index contributed by atoms with van der Waals surface area (Å²) >= 11 is 0. The molecule has 1 aliphatic rings. The molecule has 0 saturated carbocycles. The average molecular weight is 406 g/mol. The predicted octanol–water partition coefficient (Wildman–Crippen LogP) is 2.47. The van der Waals surface area contributed by atoms with Crippen LogP contribution in [0.5, 0.6) is 0 Å². The summed E-state index contributed by atoms with van der Waals surface area (Å²) in [6, 6.07) is 12.9. The molecular weight excluding hydrogens is 378 g/mol. The minimum Gasteiger partial charge on any atom is -0.338 e. The van der Waals surface area contributed by atoms with E-state index in [1.165, 1.54) is 18.7 Å². The molecule has 30 heavy (non-hydrogen) atoms. The van der Waals surface area contributed by atoms with Gasteiger partial charge in [0.15, 0.2) is 0 Å². The van der Waals surface area contributed by atoms with E-state index < -0.39 is 0 Å². The molecule has 156 valence electrons. The van der Waals surface area contributed by atoms with Crippen molar-refractivity contribution in [1.82, 2.24) is 24.8 Å². The molecular formula is C23H27N5O2. The van der Waals surface area contributed by atoms with Crippen LogP contribution >= 0.6 is 0 Å². The van der Waals surface area contributed by atoms with Crippen molar-refractivity contribution in [2.75, 3.05) is 6.54 Å². The molecule has 2 aromatic heterocycles. The molecule has 0 saturated heterocycles. The van der Waals surface area contributed by atoms with E-state index in [1.54, 1.807) is 22.9 Å². The van der Waals surface area contributed by atoms with Gasteiger partial charge in [0.2, 0.25) is 0 Å². The van der Waals surface area contributed by atoms with Crippen LogP contribution in [0.3, 0.4) is 0 Å². The molecule has 1 aliphatic heterocycles. The summed E-state index contributed by atoms with van der Waals surface area (Å²) in [6.45, 7) is 2.60. The Morgan fingerprint density at radius 3 is 2.67 bits per heavy atom. The van der Waals surface area contributed by atoms with Gasteiger partial charge in [0, 0.05) is 50.9 Å². The summed E-state index contributed by atoms with van der Waals surface area (Å²) in [5, 5.41) is 5.78. The van der Waals surface area contributed by atoms with Crippen LogP contribution < -0.4 is 16.2 Å². The van der Waals surface area contributed by atoms with Gasteiger partial charge in [0.05, 0.1) is 12.2 Å². The van der Waals surface area contributed by atoms with Crippen molar-refractivity contribution in [3.63, 3.8) is 0 Å². The van der Waals surface area contributed by atoms with Gasteiger partial charge in [-0.05, 0) is 30.0 Å². The first-order chi connectivity index (χ1) is 14.7. The third-order valence-corrected chi connectivity index (χ3v) is 5.35. The van der Waals surface area contributed by atoms with Gasteiger partial charge in [-0.2, -0.15) is 0 Å².